The fourth-order valence-electron chi connectivity index (χ4n) is 2.37. The van der Waals surface area contributed by atoms with Crippen LogP contribution in [0.15, 0.2) is 12.3 Å². The Hall–Kier alpha value is -0.870. The van der Waals surface area contributed by atoms with E-state index in [0.717, 1.165) is 18.8 Å². The summed E-state index contributed by atoms with van der Waals surface area (Å²) in [4.78, 5) is 0. The van der Waals surface area contributed by atoms with Gasteiger partial charge in [0.1, 0.15) is 0 Å². The van der Waals surface area contributed by atoms with Gasteiger partial charge in [-0.15, -0.1) is 0 Å². The number of aryl methyl sites for hydroxylation is 2. The number of hydrogen-bond acceptors (Lipinski definition) is 3. The number of hydrazine groups is 1. The smallest absolute Gasteiger partial charge is 0.0492 e. The van der Waals surface area contributed by atoms with Gasteiger partial charge in [0.15, 0.2) is 0 Å². The SMILES string of the molecule is Cn1nccc1CCC(CC1CCC1)NN. The van der Waals surface area contributed by atoms with Gasteiger partial charge < -0.3 is 0 Å². The summed E-state index contributed by atoms with van der Waals surface area (Å²) in [5.41, 5.74) is 4.24. The van der Waals surface area contributed by atoms with Crippen molar-refractivity contribution in [1.82, 2.24) is 15.2 Å². The minimum Gasteiger partial charge on any atom is -0.273 e. The largest absolute Gasteiger partial charge is 0.273 e. The molecule has 0 aliphatic heterocycles. The molecule has 16 heavy (non-hydrogen) atoms. The molecule has 90 valence electrons. The third kappa shape index (κ3) is 2.83. The lowest BCUT2D eigenvalue weighted by molar-refractivity contribution is 0.254. The molecule has 0 aromatic carbocycles. The van der Waals surface area contributed by atoms with Crippen molar-refractivity contribution in [3.8, 4) is 0 Å². The van der Waals surface area contributed by atoms with Crippen LogP contribution in [-0.4, -0.2) is 15.8 Å². The Balaban J connectivity index is 1.76. The summed E-state index contributed by atoms with van der Waals surface area (Å²) >= 11 is 0. The van der Waals surface area contributed by atoms with Gasteiger partial charge in [0.2, 0.25) is 0 Å². The molecule has 3 N–H and O–H groups in total. The quantitative estimate of drug-likeness (QED) is 0.564. The van der Waals surface area contributed by atoms with Crippen LogP contribution in [0.5, 0.6) is 0 Å². The van der Waals surface area contributed by atoms with E-state index in [-0.39, 0.29) is 0 Å². The monoisotopic (exact) mass is 222 g/mol. The van der Waals surface area contributed by atoms with Gasteiger partial charge in [0.25, 0.3) is 0 Å². The van der Waals surface area contributed by atoms with Crippen molar-refractivity contribution >= 4 is 0 Å². The molecule has 4 heteroatoms. The highest BCUT2D eigenvalue weighted by Crippen LogP contribution is 2.31. The van der Waals surface area contributed by atoms with Crippen molar-refractivity contribution < 1.29 is 0 Å². The van der Waals surface area contributed by atoms with Crippen LogP contribution in [0.3, 0.4) is 0 Å². The van der Waals surface area contributed by atoms with Gasteiger partial charge >= 0.3 is 0 Å². The second-order valence-electron chi connectivity index (χ2n) is 4.88. The van der Waals surface area contributed by atoms with Crippen LogP contribution in [0.2, 0.25) is 0 Å². The lowest BCUT2D eigenvalue weighted by atomic mass is 9.80. The molecule has 1 atom stereocenters. The molecular weight excluding hydrogens is 200 g/mol. The lowest BCUT2D eigenvalue weighted by Crippen LogP contribution is -2.38. The number of rotatable bonds is 6. The van der Waals surface area contributed by atoms with E-state index in [1.54, 1.807) is 0 Å². The molecule has 0 saturated heterocycles. The third-order valence-electron chi connectivity index (χ3n) is 3.75. The second-order valence-corrected chi connectivity index (χ2v) is 4.88. The summed E-state index contributed by atoms with van der Waals surface area (Å²) in [7, 11) is 1.99. The summed E-state index contributed by atoms with van der Waals surface area (Å²) in [5, 5.41) is 4.17. The Morgan fingerprint density at radius 2 is 2.44 bits per heavy atom. The highest BCUT2D eigenvalue weighted by atomic mass is 15.3. The van der Waals surface area contributed by atoms with Gasteiger partial charge in [-0.3, -0.25) is 16.0 Å². The maximum Gasteiger partial charge on any atom is 0.0492 e. The molecular formula is C12H22N4. The first kappa shape index (κ1) is 11.6. The Morgan fingerprint density at radius 1 is 1.62 bits per heavy atom. The summed E-state index contributed by atoms with van der Waals surface area (Å²) in [6.45, 7) is 0. The van der Waals surface area contributed by atoms with Crippen molar-refractivity contribution in [2.75, 3.05) is 0 Å². The minimum atomic E-state index is 0.459. The molecule has 1 saturated carbocycles. The molecule has 0 amide bonds. The van der Waals surface area contributed by atoms with Crippen LogP contribution in [0.1, 0.15) is 37.8 Å². The van der Waals surface area contributed by atoms with Gasteiger partial charge in [-0.1, -0.05) is 19.3 Å². The summed E-state index contributed by atoms with van der Waals surface area (Å²) in [6.07, 6.45) is 9.43. The number of nitrogens with two attached hydrogens (primary N) is 1. The highest BCUT2D eigenvalue weighted by Gasteiger charge is 2.21. The zero-order chi connectivity index (χ0) is 11.4. The first-order valence-electron chi connectivity index (χ1n) is 6.22. The van der Waals surface area contributed by atoms with Gasteiger partial charge in [0.05, 0.1) is 0 Å². The van der Waals surface area contributed by atoms with Crippen LogP contribution in [0.25, 0.3) is 0 Å². The van der Waals surface area contributed by atoms with E-state index in [2.05, 4.69) is 16.6 Å². The van der Waals surface area contributed by atoms with Crippen LogP contribution in [-0.2, 0) is 13.5 Å². The Morgan fingerprint density at radius 3 is 2.94 bits per heavy atom. The predicted octanol–water partition coefficient (Wildman–Crippen LogP) is 1.37. The Bertz CT molecular complexity index is 317. The molecule has 1 unspecified atom stereocenters. The highest BCUT2D eigenvalue weighted by molar-refractivity contribution is 5.00. The zero-order valence-electron chi connectivity index (χ0n) is 10.0. The average Bonchev–Trinajstić information content (AvgIpc) is 2.62. The van der Waals surface area contributed by atoms with Crippen molar-refractivity contribution in [2.24, 2.45) is 18.8 Å². The number of nitrogens with one attached hydrogen (secondary N) is 1. The van der Waals surface area contributed by atoms with Crippen molar-refractivity contribution in [3.63, 3.8) is 0 Å². The van der Waals surface area contributed by atoms with Gasteiger partial charge in [-0.25, -0.2) is 0 Å². The van der Waals surface area contributed by atoms with E-state index in [4.69, 9.17) is 5.84 Å². The van der Waals surface area contributed by atoms with Crippen LogP contribution in [0, 0.1) is 5.92 Å². The van der Waals surface area contributed by atoms with E-state index in [0.29, 0.717) is 6.04 Å². The summed E-state index contributed by atoms with van der Waals surface area (Å²) < 4.78 is 1.94. The van der Waals surface area contributed by atoms with E-state index in [1.165, 1.54) is 31.4 Å². The van der Waals surface area contributed by atoms with E-state index in [9.17, 15) is 0 Å². The number of nitrogens with zero attached hydrogens (tertiary/aromatic N) is 2. The van der Waals surface area contributed by atoms with E-state index in [1.807, 2.05) is 17.9 Å². The van der Waals surface area contributed by atoms with Crippen LogP contribution < -0.4 is 11.3 Å². The average molecular weight is 222 g/mol. The number of aromatic nitrogens is 2. The molecule has 4 nitrogen and oxygen atoms in total. The molecule has 1 aliphatic carbocycles. The standard InChI is InChI=1S/C12H22N4/c1-16-12(7-8-14-16)6-5-11(15-13)9-10-3-2-4-10/h7-8,10-11,15H,2-6,9,13H2,1H3. The maximum absolute atomic E-state index is 5.60. The normalized spacial score (nSPS) is 18.4. The predicted molar refractivity (Wildman–Crippen MR) is 64.6 cm³/mol. The molecule has 0 radical (unpaired) electrons. The van der Waals surface area contributed by atoms with E-state index >= 15 is 0 Å². The molecule has 1 fully saturated rings. The first-order chi connectivity index (χ1) is 7.79. The molecule has 0 spiro atoms. The molecule has 1 heterocycles. The van der Waals surface area contributed by atoms with Crippen molar-refractivity contribution in [1.29, 1.82) is 0 Å². The maximum atomic E-state index is 5.60. The van der Waals surface area contributed by atoms with Gasteiger partial charge in [0, 0.05) is 25.0 Å². The first-order valence-corrected chi connectivity index (χ1v) is 6.22. The second kappa shape index (κ2) is 5.46. The van der Waals surface area contributed by atoms with Crippen molar-refractivity contribution in [2.45, 2.75) is 44.6 Å². The lowest BCUT2D eigenvalue weighted by Gasteiger charge is -2.29. The minimum absolute atomic E-state index is 0.459. The molecule has 2 rings (SSSR count). The fourth-order valence-corrected chi connectivity index (χ4v) is 2.37. The zero-order valence-corrected chi connectivity index (χ0v) is 10.0. The van der Waals surface area contributed by atoms with Crippen molar-refractivity contribution in [3.05, 3.63) is 18.0 Å². The Labute approximate surface area is 97.2 Å². The fraction of sp³-hybridized carbons (Fsp3) is 0.750. The van der Waals surface area contributed by atoms with Crippen LogP contribution in [0.4, 0.5) is 0 Å². The molecule has 1 aliphatic rings. The summed E-state index contributed by atoms with van der Waals surface area (Å²) in [5.74, 6) is 6.51. The molecule has 1 aromatic rings. The topological polar surface area (TPSA) is 55.9 Å². The van der Waals surface area contributed by atoms with Gasteiger partial charge in [-0.2, -0.15) is 5.10 Å². The molecule has 1 aromatic heterocycles. The number of hydrogen-bond donors (Lipinski definition) is 2. The van der Waals surface area contributed by atoms with E-state index < -0.39 is 0 Å². The van der Waals surface area contributed by atoms with Gasteiger partial charge in [-0.05, 0) is 31.2 Å². The Kier molecular flexibility index (Phi) is 3.96. The molecule has 0 bridgehead atoms. The van der Waals surface area contributed by atoms with Crippen LogP contribution >= 0.6 is 0 Å². The third-order valence-corrected chi connectivity index (χ3v) is 3.75. The summed E-state index contributed by atoms with van der Waals surface area (Å²) in [6, 6.07) is 2.54.